The molecule has 2 heterocycles. The van der Waals surface area contributed by atoms with E-state index in [1.165, 1.54) is 6.42 Å². The summed E-state index contributed by atoms with van der Waals surface area (Å²) in [4.78, 5) is 3.99. The lowest BCUT2D eigenvalue weighted by molar-refractivity contribution is 0.259. The van der Waals surface area contributed by atoms with Crippen molar-refractivity contribution >= 4 is 0 Å². The fraction of sp³-hybridized carbons (Fsp3) is 0.500. The second kappa shape index (κ2) is 4.23. The Kier molecular flexibility index (Phi) is 2.77. The van der Waals surface area contributed by atoms with Crippen LogP contribution in [0.4, 0.5) is 0 Å². The molecule has 1 aliphatic rings. The monoisotopic (exact) mass is 178 g/mol. The molecule has 0 radical (unpaired) electrons. The van der Waals surface area contributed by atoms with Crippen molar-refractivity contribution in [2.75, 3.05) is 19.7 Å². The number of rotatable bonds is 3. The Hall–Kier alpha value is -1.09. The number of aromatic nitrogens is 1. The molecule has 13 heavy (non-hydrogen) atoms. The van der Waals surface area contributed by atoms with Crippen LogP contribution in [-0.4, -0.2) is 24.7 Å². The van der Waals surface area contributed by atoms with Crippen LogP contribution in [0.1, 0.15) is 6.42 Å². The molecular weight excluding hydrogens is 164 g/mol. The lowest BCUT2D eigenvalue weighted by atomic mass is 10.1. The average Bonchev–Trinajstić information content (AvgIpc) is 2.69. The quantitative estimate of drug-likeness (QED) is 0.751. The highest BCUT2D eigenvalue weighted by molar-refractivity contribution is 5.15. The van der Waals surface area contributed by atoms with Gasteiger partial charge in [-0.15, -0.1) is 0 Å². The van der Waals surface area contributed by atoms with E-state index >= 15 is 0 Å². The molecule has 1 saturated heterocycles. The number of hydrogen-bond acceptors (Lipinski definition) is 3. The first-order valence-electron chi connectivity index (χ1n) is 4.69. The SMILES string of the molecule is c1cncc(OC[C@@H]2CCNC2)c1. The van der Waals surface area contributed by atoms with Crippen molar-refractivity contribution in [1.82, 2.24) is 10.3 Å². The van der Waals surface area contributed by atoms with Crippen molar-refractivity contribution in [1.29, 1.82) is 0 Å². The number of nitrogens with zero attached hydrogens (tertiary/aromatic N) is 1. The summed E-state index contributed by atoms with van der Waals surface area (Å²) in [5.74, 6) is 1.54. The Balaban J connectivity index is 1.79. The fourth-order valence-electron chi connectivity index (χ4n) is 1.50. The van der Waals surface area contributed by atoms with Crippen LogP contribution in [0.15, 0.2) is 24.5 Å². The summed E-state index contributed by atoms with van der Waals surface area (Å²) in [6.45, 7) is 3.01. The zero-order valence-electron chi connectivity index (χ0n) is 7.57. The first-order chi connectivity index (χ1) is 6.45. The van der Waals surface area contributed by atoms with Gasteiger partial charge in [-0.25, -0.2) is 0 Å². The zero-order valence-corrected chi connectivity index (χ0v) is 7.57. The molecule has 2 rings (SSSR count). The Bertz CT molecular complexity index is 244. The van der Waals surface area contributed by atoms with Crippen LogP contribution in [-0.2, 0) is 0 Å². The van der Waals surface area contributed by atoms with Crippen LogP contribution in [0.2, 0.25) is 0 Å². The molecule has 0 saturated carbocycles. The third kappa shape index (κ3) is 2.42. The van der Waals surface area contributed by atoms with Gasteiger partial charge in [0.25, 0.3) is 0 Å². The molecule has 3 nitrogen and oxygen atoms in total. The van der Waals surface area contributed by atoms with Gasteiger partial charge in [0.05, 0.1) is 12.8 Å². The Morgan fingerprint density at radius 3 is 3.31 bits per heavy atom. The summed E-state index contributed by atoms with van der Waals surface area (Å²) >= 11 is 0. The topological polar surface area (TPSA) is 34.1 Å². The van der Waals surface area contributed by atoms with Crippen molar-refractivity contribution in [3.63, 3.8) is 0 Å². The summed E-state index contributed by atoms with van der Waals surface area (Å²) < 4.78 is 5.59. The number of hydrogen-bond donors (Lipinski definition) is 1. The Morgan fingerprint density at radius 1 is 1.62 bits per heavy atom. The molecule has 0 aromatic carbocycles. The molecule has 0 amide bonds. The summed E-state index contributed by atoms with van der Waals surface area (Å²) in [5, 5.41) is 3.31. The average molecular weight is 178 g/mol. The van der Waals surface area contributed by atoms with E-state index in [4.69, 9.17) is 4.74 Å². The summed E-state index contributed by atoms with van der Waals surface area (Å²) in [7, 11) is 0. The highest BCUT2D eigenvalue weighted by atomic mass is 16.5. The molecule has 0 spiro atoms. The van der Waals surface area contributed by atoms with Crippen molar-refractivity contribution in [2.45, 2.75) is 6.42 Å². The molecular formula is C10H14N2O. The number of pyridine rings is 1. The maximum Gasteiger partial charge on any atom is 0.137 e. The third-order valence-corrected chi connectivity index (χ3v) is 2.28. The predicted octanol–water partition coefficient (Wildman–Crippen LogP) is 1.07. The second-order valence-corrected chi connectivity index (χ2v) is 3.36. The first-order valence-corrected chi connectivity index (χ1v) is 4.69. The molecule has 1 fully saturated rings. The van der Waals surface area contributed by atoms with Gasteiger partial charge in [0.1, 0.15) is 5.75 Å². The highest BCUT2D eigenvalue weighted by Gasteiger charge is 2.14. The maximum atomic E-state index is 5.59. The largest absolute Gasteiger partial charge is 0.492 e. The summed E-state index contributed by atoms with van der Waals surface area (Å²) in [5.41, 5.74) is 0. The Labute approximate surface area is 78.1 Å². The third-order valence-electron chi connectivity index (χ3n) is 2.28. The van der Waals surface area contributed by atoms with E-state index in [0.29, 0.717) is 5.92 Å². The van der Waals surface area contributed by atoms with E-state index in [2.05, 4.69) is 10.3 Å². The van der Waals surface area contributed by atoms with E-state index in [0.717, 1.165) is 25.4 Å². The lowest BCUT2D eigenvalue weighted by Gasteiger charge is -2.09. The molecule has 1 atom stereocenters. The van der Waals surface area contributed by atoms with Crippen LogP contribution in [0.3, 0.4) is 0 Å². The van der Waals surface area contributed by atoms with Crippen molar-refractivity contribution in [3.05, 3.63) is 24.5 Å². The minimum atomic E-state index is 0.667. The van der Waals surface area contributed by atoms with Gasteiger partial charge in [0, 0.05) is 18.7 Å². The van der Waals surface area contributed by atoms with Gasteiger partial charge in [0.15, 0.2) is 0 Å². The van der Waals surface area contributed by atoms with Crippen molar-refractivity contribution in [3.8, 4) is 5.75 Å². The minimum absolute atomic E-state index is 0.667. The van der Waals surface area contributed by atoms with E-state index in [1.54, 1.807) is 12.4 Å². The van der Waals surface area contributed by atoms with Crippen molar-refractivity contribution in [2.24, 2.45) is 5.92 Å². The highest BCUT2D eigenvalue weighted by Crippen LogP contribution is 2.12. The molecule has 3 heteroatoms. The smallest absolute Gasteiger partial charge is 0.137 e. The molecule has 1 aliphatic heterocycles. The summed E-state index contributed by atoms with van der Waals surface area (Å²) in [6, 6.07) is 3.83. The van der Waals surface area contributed by atoms with Gasteiger partial charge < -0.3 is 10.1 Å². The van der Waals surface area contributed by atoms with Crippen LogP contribution in [0, 0.1) is 5.92 Å². The fourth-order valence-corrected chi connectivity index (χ4v) is 1.50. The molecule has 1 aromatic heterocycles. The van der Waals surface area contributed by atoms with E-state index in [-0.39, 0.29) is 0 Å². The second-order valence-electron chi connectivity index (χ2n) is 3.36. The molecule has 0 bridgehead atoms. The van der Waals surface area contributed by atoms with Crippen LogP contribution >= 0.6 is 0 Å². The van der Waals surface area contributed by atoms with Gasteiger partial charge in [0.2, 0.25) is 0 Å². The first kappa shape index (κ1) is 8.51. The summed E-state index contributed by atoms with van der Waals surface area (Å²) in [6.07, 6.45) is 4.73. The number of nitrogens with one attached hydrogen (secondary N) is 1. The lowest BCUT2D eigenvalue weighted by Crippen LogP contribution is -2.15. The maximum absolute atomic E-state index is 5.59. The zero-order chi connectivity index (χ0) is 8.93. The predicted molar refractivity (Wildman–Crippen MR) is 50.7 cm³/mol. The standard InChI is InChI=1S/C10H14N2O/c1-2-10(7-11-4-1)13-8-9-3-5-12-6-9/h1-2,4,7,9,12H,3,5-6,8H2/t9-/m1/s1. The Morgan fingerprint density at radius 2 is 2.62 bits per heavy atom. The van der Waals surface area contributed by atoms with Gasteiger partial charge in [-0.05, 0) is 25.1 Å². The van der Waals surface area contributed by atoms with Gasteiger partial charge >= 0.3 is 0 Å². The molecule has 1 N–H and O–H groups in total. The number of ether oxygens (including phenoxy) is 1. The van der Waals surface area contributed by atoms with Gasteiger partial charge in [-0.3, -0.25) is 4.98 Å². The van der Waals surface area contributed by atoms with E-state index < -0.39 is 0 Å². The minimum Gasteiger partial charge on any atom is -0.492 e. The van der Waals surface area contributed by atoms with E-state index in [1.807, 2.05) is 12.1 Å². The van der Waals surface area contributed by atoms with Gasteiger partial charge in [-0.2, -0.15) is 0 Å². The van der Waals surface area contributed by atoms with Crippen LogP contribution in [0.5, 0.6) is 5.75 Å². The van der Waals surface area contributed by atoms with Gasteiger partial charge in [-0.1, -0.05) is 0 Å². The van der Waals surface area contributed by atoms with E-state index in [9.17, 15) is 0 Å². The molecule has 1 aromatic rings. The normalized spacial score (nSPS) is 21.7. The molecule has 0 aliphatic carbocycles. The molecule has 70 valence electrons. The molecule has 0 unspecified atom stereocenters. The van der Waals surface area contributed by atoms with Crippen LogP contribution < -0.4 is 10.1 Å². The van der Waals surface area contributed by atoms with Crippen molar-refractivity contribution < 1.29 is 4.74 Å². The van der Waals surface area contributed by atoms with Crippen LogP contribution in [0.25, 0.3) is 0 Å².